The summed E-state index contributed by atoms with van der Waals surface area (Å²) in [5.74, 6) is 1.24. The number of aliphatic imine (C=N–C) groups is 1. The lowest BCUT2D eigenvalue weighted by molar-refractivity contribution is -0.0504. The molecular weight excluding hydrogens is 531 g/mol. The predicted molar refractivity (Wildman–Crippen MR) is 132 cm³/mol. The van der Waals surface area contributed by atoms with Gasteiger partial charge in [-0.2, -0.15) is 8.78 Å². The molecule has 0 atom stereocenters. The molecule has 0 saturated carbocycles. The van der Waals surface area contributed by atoms with E-state index in [1.165, 1.54) is 13.2 Å². The summed E-state index contributed by atoms with van der Waals surface area (Å²) in [7, 11) is 1.52. The molecule has 174 valence electrons. The molecule has 0 aliphatic carbocycles. The summed E-state index contributed by atoms with van der Waals surface area (Å²) < 4.78 is 37.3. The number of halogens is 3. The lowest BCUT2D eigenvalue weighted by Gasteiger charge is -2.14. The molecule has 7 nitrogen and oxygen atoms in total. The Kier molecular flexibility index (Phi) is 10.4. The third-order valence-corrected chi connectivity index (χ3v) is 4.63. The van der Waals surface area contributed by atoms with Gasteiger partial charge in [0.25, 0.3) is 0 Å². The Morgan fingerprint density at radius 2 is 2.00 bits per heavy atom. The fourth-order valence-corrected chi connectivity index (χ4v) is 3.17. The van der Waals surface area contributed by atoms with E-state index in [1.807, 2.05) is 31.5 Å². The van der Waals surface area contributed by atoms with E-state index in [9.17, 15) is 8.78 Å². The highest BCUT2D eigenvalue weighted by atomic mass is 127. The second kappa shape index (κ2) is 13.0. The summed E-state index contributed by atoms with van der Waals surface area (Å²) >= 11 is 0. The molecule has 0 aliphatic rings. The average molecular weight is 559 g/mol. The van der Waals surface area contributed by atoms with E-state index in [0.29, 0.717) is 30.4 Å². The van der Waals surface area contributed by atoms with Gasteiger partial charge in [0.1, 0.15) is 11.5 Å². The summed E-state index contributed by atoms with van der Waals surface area (Å²) in [6.07, 6.45) is 2.71. The standard InChI is InChI=1S/C22H27F2N5O2.HI/c1-3-25-22(26-11-6-12-29-15-28-18-7-4-5-8-19(18)29)27-14-16-13-17(30-2)9-10-20(16)31-21(23)24;/h4-5,7-10,13,15,21H,3,6,11-12,14H2,1-2H3,(H2,25,26,27);1H. The van der Waals surface area contributed by atoms with Crippen molar-refractivity contribution in [3.63, 3.8) is 0 Å². The molecule has 0 bridgehead atoms. The van der Waals surface area contributed by atoms with E-state index in [-0.39, 0.29) is 36.3 Å². The van der Waals surface area contributed by atoms with Crippen LogP contribution in [-0.2, 0) is 13.1 Å². The fraction of sp³-hybridized carbons (Fsp3) is 0.364. The first-order valence-electron chi connectivity index (χ1n) is 10.1. The SMILES string of the molecule is CCNC(=NCc1cc(OC)ccc1OC(F)F)NCCCn1cnc2ccccc21.I. The summed E-state index contributed by atoms with van der Waals surface area (Å²) in [5, 5.41) is 6.44. The number of aryl methyl sites for hydroxylation is 1. The van der Waals surface area contributed by atoms with Crippen molar-refractivity contribution in [1.82, 2.24) is 20.2 Å². The number of nitrogens with one attached hydrogen (secondary N) is 2. The van der Waals surface area contributed by atoms with Crippen molar-refractivity contribution in [1.29, 1.82) is 0 Å². The maximum absolute atomic E-state index is 12.7. The Morgan fingerprint density at radius 1 is 1.19 bits per heavy atom. The zero-order chi connectivity index (χ0) is 22.1. The molecule has 2 N–H and O–H groups in total. The number of rotatable bonds is 10. The Hall–Kier alpha value is -2.63. The van der Waals surface area contributed by atoms with Crippen molar-refractivity contribution in [2.24, 2.45) is 4.99 Å². The fourth-order valence-electron chi connectivity index (χ4n) is 3.17. The number of alkyl halides is 2. The quantitative estimate of drug-likeness (QED) is 0.167. The van der Waals surface area contributed by atoms with Gasteiger partial charge >= 0.3 is 6.61 Å². The molecule has 2 aromatic carbocycles. The third-order valence-electron chi connectivity index (χ3n) is 4.63. The average Bonchev–Trinajstić information content (AvgIpc) is 3.18. The Balaban J connectivity index is 0.00000363. The molecule has 10 heteroatoms. The number of nitrogens with zero attached hydrogens (tertiary/aromatic N) is 3. The zero-order valence-electron chi connectivity index (χ0n) is 18.1. The second-order valence-electron chi connectivity index (χ2n) is 6.75. The van der Waals surface area contributed by atoms with Gasteiger partial charge in [-0.25, -0.2) is 9.98 Å². The van der Waals surface area contributed by atoms with Crippen LogP contribution in [0.5, 0.6) is 11.5 Å². The van der Waals surface area contributed by atoms with Crippen molar-refractivity contribution in [3.05, 3.63) is 54.4 Å². The first-order valence-corrected chi connectivity index (χ1v) is 10.1. The number of ether oxygens (including phenoxy) is 2. The van der Waals surface area contributed by atoms with E-state index in [4.69, 9.17) is 4.74 Å². The lowest BCUT2D eigenvalue weighted by Crippen LogP contribution is -2.38. The van der Waals surface area contributed by atoms with Gasteiger partial charge in [0.15, 0.2) is 5.96 Å². The molecule has 0 fully saturated rings. The number of fused-ring (bicyclic) bond motifs is 1. The van der Waals surface area contributed by atoms with Crippen LogP contribution in [-0.4, -0.2) is 42.3 Å². The molecule has 0 spiro atoms. The minimum atomic E-state index is -2.90. The van der Waals surface area contributed by atoms with Gasteiger partial charge in [0, 0.05) is 25.2 Å². The third kappa shape index (κ3) is 7.21. The highest BCUT2D eigenvalue weighted by molar-refractivity contribution is 14.0. The second-order valence-corrected chi connectivity index (χ2v) is 6.75. The van der Waals surface area contributed by atoms with Crippen molar-refractivity contribution in [2.45, 2.75) is 33.0 Å². The van der Waals surface area contributed by atoms with Crippen molar-refractivity contribution in [3.8, 4) is 11.5 Å². The summed E-state index contributed by atoms with van der Waals surface area (Å²) in [4.78, 5) is 8.91. The lowest BCUT2D eigenvalue weighted by atomic mass is 10.2. The molecule has 0 saturated heterocycles. The molecule has 1 heterocycles. The van der Waals surface area contributed by atoms with Gasteiger partial charge in [0.2, 0.25) is 0 Å². The van der Waals surface area contributed by atoms with Crippen LogP contribution in [0.2, 0.25) is 0 Å². The molecule has 1 aromatic heterocycles. The van der Waals surface area contributed by atoms with Gasteiger partial charge < -0.3 is 24.7 Å². The number of methoxy groups -OCH3 is 1. The van der Waals surface area contributed by atoms with Crippen molar-refractivity contribution < 1.29 is 18.3 Å². The number of hydrogen-bond acceptors (Lipinski definition) is 4. The van der Waals surface area contributed by atoms with E-state index in [1.54, 1.807) is 12.1 Å². The molecular formula is C22H28F2IN5O2. The molecule has 0 radical (unpaired) electrons. The first kappa shape index (κ1) is 25.6. The number of guanidine groups is 1. The van der Waals surface area contributed by atoms with E-state index >= 15 is 0 Å². The Morgan fingerprint density at radius 3 is 2.75 bits per heavy atom. The number of aromatic nitrogens is 2. The van der Waals surface area contributed by atoms with Gasteiger partial charge in [-0.3, -0.25) is 0 Å². The molecule has 3 aromatic rings. The highest BCUT2D eigenvalue weighted by Crippen LogP contribution is 2.26. The maximum atomic E-state index is 12.7. The molecule has 0 amide bonds. The topological polar surface area (TPSA) is 72.7 Å². The van der Waals surface area contributed by atoms with Crippen LogP contribution in [0, 0.1) is 0 Å². The van der Waals surface area contributed by atoms with Crippen LogP contribution in [0.3, 0.4) is 0 Å². The van der Waals surface area contributed by atoms with Crippen LogP contribution in [0.25, 0.3) is 11.0 Å². The predicted octanol–water partition coefficient (Wildman–Crippen LogP) is 4.41. The zero-order valence-corrected chi connectivity index (χ0v) is 20.4. The van der Waals surface area contributed by atoms with E-state index in [0.717, 1.165) is 24.0 Å². The Bertz CT molecular complexity index is 1010. The number of benzene rings is 2. The molecule has 3 rings (SSSR count). The minimum Gasteiger partial charge on any atom is -0.497 e. The number of hydrogen-bond donors (Lipinski definition) is 2. The van der Waals surface area contributed by atoms with Gasteiger partial charge in [-0.1, -0.05) is 12.1 Å². The van der Waals surface area contributed by atoms with E-state index < -0.39 is 6.61 Å². The minimum absolute atomic E-state index is 0. The molecule has 32 heavy (non-hydrogen) atoms. The van der Waals surface area contributed by atoms with Gasteiger partial charge in [0.05, 0.1) is 31.0 Å². The molecule has 0 unspecified atom stereocenters. The van der Waals surface area contributed by atoms with Crippen LogP contribution in [0.1, 0.15) is 18.9 Å². The highest BCUT2D eigenvalue weighted by Gasteiger charge is 2.11. The van der Waals surface area contributed by atoms with Crippen molar-refractivity contribution in [2.75, 3.05) is 20.2 Å². The largest absolute Gasteiger partial charge is 0.497 e. The summed E-state index contributed by atoms with van der Waals surface area (Å²) in [5.41, 5.74) is 2.60. The summed E-state index contributed by atoms with van der Waals surface area (Å²) in [6, 6.07) is 12.7. The smallest absolute Gasteiger partial charge is 0.387 e. The first-order chi connectivity index (χ1) is 15.1. The van der Waals surface area contributed by atoms with Gasteiger partial charge in [-0.05, 0) is 43.7 Å². The molecule has 0 aliphatic heterocycles. The van der Waals surface area contributed by atoms with Crippen LogP contribution in [0.4, 0.5) is 8.78 Å². The van der Waals surface area contributed by atoms with E-state index in [2.05, 4.69) is 36.0 Å². The normalized spacial score (nSPS) is 11.3. The monoisotopic (exact) mass is 559 g/mol. The van der Waals surface area contributed by atoms with Crippen LogP contribution >= 0.6 is 24.0 Å². The van der Waals surface area contributed by atoms with Crippen LogP contribution < -0.4 is 20.1 Å². The maximum Gasteiger partial charge on any atom is 0.387 e. The van der Waals surface area contributed by atoms with Crippen molar-refractivity contribution >= 4 is 41.0 Å². The van der Waals surface area contributed by atoms with Crippen LogP contribution in [0.15, 0.2) is 53.8 Å². The number of imidazole rings is 1. The Labute approximate surface area is 203 Å². The van der Waals surface area contributed by atoms with Gasteiger partial charge in [-0.15, -0.1) is 24.0 Å². The number of para-hydroxylation sites is 2. The summed E-state index contributed by atoms with van der Waals surface area (Å²) in [6.45, 7) is 1.41.